The molecule has 3 nitrogen and oxygen atoms in total. The van der Waals surface area contributed by atoms with E-state index in [1.807, 2.05) is 0 Å². The molecule has 1 saturated heterocycles. The predicted molar refractivity (Wildman–Crippen MR) is 74.7 cm³/mol. The molecule has 1 heterocycles. The van der Waals surface area contributed by atoms with Gasteiger partial charge in [0.2, 0.25) is 0 Å². The van der Waals surface area contributed by atoms with Crippen LogP contribution < -0.4 is 5.73 Å². The first-order valence-electron chi connectivity index (χ1n) is 6.72. The van der Waals surface area contributed by atoms with E-state index < -0.39 is 0 Å². The smallest absolute Gasteiger partial charge is 0.0619 e. The molecular weight excluding hydrogens is 224 g/mol. The van der Waals surface area contributed by atoms with Gasteiger partial charge < -0.3 is 10.5 Å². The monoisotopic (exact) mass is 248 g/mol. The average Bonchev–Trinajstić information content (AvgIpc) is 2.31. The van der Waals surface area contributed by atoms with Gasteiger partial charge in [-0.05, 0) is 26.3 Å². The Morgan fingerprint density at radius 2 is 2.00 bits per heavy atom. The van der Waals surface area contributed by atoms with Gasteiger partial charge in [0.25, 0.3) is 0 Å². The second-order valence-corrected chi connectivity index (χ2v) is 5.45. The fourth-order valence-corrected chi connectivity index (χ4v) is 2.61. The van der Waals surface area contributed by atoms with Crippen LogP contribution in [0.2, 0.25) is 0 Å². The SMILES string of the molecule is Cc1cc(C)cc(C(N)CN2CCOCC2C)c1. The molecule has 0 bridgehead atoms. The fourth-order valence-electron chi connectivity index (χ4n) is 2.61. The van der Waals surface area contributed by atoms with Crippen LogP contribution in [-0.4, -0.2) is 37.2 Å². The number of morpholine rings is 1. The zero-order valence-corrected chi connectivity index (χ0v) is 11.6. The van der Waals surface area contributed by atoms with Crippen molar-refractivity contribution in [2.75, 3.05) is 26.3 Å². The zero-order valence-electron chi connectivity index (χ0n) is 11.6. The van der Waals surface area contributed by atoms with Crippen molar-refractivity contribution in [2.45, 2.75) is 32.9 Å². The molecule has 1 aliphatic heterocycles. The summed E-state index contributed by atoms with van der Waals surface area (Å²) in [5, 5.41) is 0. The summed E-state index contributed by atoms with van der Waals surface area (Å²) in [5.74, 6) is 0. The van der Waals surface area contributed by atoms with Crippen molar-refractivity contribution in [3.05, 3.63) is 34.9 Å². The molecule has 1 aromatic carbocycles. The standard InChI is InChI=1S/C15H24N2O/c1-11-6-12(2)8-14(7-11)15(16)9-17-4-5-18-10-13(17)3/h6-8,13,15H,4-5,9-10,16H2,1-3H3. The molecule has 3 heteroatoms. The van der Waals surface area contributed by atoms with Gasteiger partial charge in [0.1, 0.15) is 0 Å². The Morgan fingerprint density at radius 1 is 1.33 bits per heavy atom. The summed E-state index contributed by atoms with van der Waals surface area (Å²) in [7, 11) is 0. The molecular formula is C15H24N2O. The quantitative estimate of drug-likeness (QED) is 0.889. The molecule has 1 fully saturated rings. The van der Waals surface area contributed by atoms with E-state index in [1.165, 1.54) is 16.7 Å². The molecule has 1 aliphatic rings. The minimum Gasteiger partial charge on any atom is -0.379 e. The summed E-state index contributed by atoms with van der Waals surface area (Å²) < 4.78 is 5.46. The summed E-state index contributed by atoms with van der Waals surface area (Å²) in [6, 6.07) is 7.14. The summed E-state index contributed by atoms with van der Waals surface area (Å²) in [4.78, 5) is 2.42. The molecule has 0 aliphatic carbocycles. The second kappa shape index (κ2) is 5.83. The van der Waals surface area contributed by atoms with E-state index in [4.69, 9.17) is 10.5 Å². The summed E-state index contributed by atoms with van der Waals surface area (Å²) in [6.07, 6.45) is 0. The van der Waals surface area contributed by atoms with Crippen molar-refractivity contribution in [1.82, 2.24) is 4.90 Å². The van der Waals surface area contributed by atoms with Gasteiger partial charge >= 0.3 is 0 Å². The summed E-state index contributed by atoms with van der Waals surface area (Å²) >= 11 is 0. The number of hydrogen-bond donors (Lipinski definition) is 1. The largest absolute Gasteiger partial charge is 0.379 e. The molecule has 2 rings (SSSR count). The third kappa shape index (κ3) is 3.31. The Kier molecular flexibility index (Phi) is 4.38. The van der Waals surface area contributed by atoms with Crippen LogP contribution >= 0.6 is 0 Å². The maximum Gasteiger partial charge on any atom is 0.0619 e. The lowest BCUT2D eigenvalue weighted by Gasteiger charge is -2.35. The third-order valence-electron chi connectivity index (χ3n) is 3.61. The zero-order chi connectivity index (χ0) is 13.1. The van der Waals surface area contributed by atoms with Crippen molar-refractivity contribution in [1.29, 1.82) is 0 Å². The van der Waals surface area contributed by atoms with Crippen LogP contribution in [0, 0.1) is 13.8 Å². The number of hydrogen-bond acceptors (Lipinski definition) is 3. The molecule has 2 atom stereocenters. The Bertz CT molecular complexity index is 385. The average molecular weight is 248 g/mol. The number of rotatable bonds is 3. The van der Waals surface area contributed by atoms with Crippen LogP contribution in [0.5, 0.6) is 0 Å². The van der Waals surface area contributed by atoms with Gasteiger partial charge in [-0.25, -0.2) is 0 Å². The molecule has 0 radical (unpaired) electrons. The van der Waals surface area contributed by atoms with E-state index >= 15 is 0 Å². The fraction of sp³-hybridized carbons (Fsp3) is 0.600. The first kappa shape index (κ1) is 13.5. The van der Waals surface area contributed by atoms with Gasteiger partial charge in [0.15, 0.2) is 0 Å². The highest BCUT2D eigenvalue weighted by Gasteiger charge is 2.21. The molecule has 0 saturated carbocycles. The Labute approximate surface area is 110 Å². The van der Waals surface area contributed by atoms with Gasteiger partial charge in [-0.3, -0.25) is 4.90 Å². The highest BCUT2D eigenvalue weighted by molar-refractivity contribution is 5.30. The normalized spacial score (nSPS) is 23.0. The van der Waals surface area contributed by atoms with Crippen LogP contribution in [0.4, 0.5) is 0 Å². The van der Waals surface area contributed by atoms with Crippen molar-refractivity contribution in [2.24, 2.45) is 5.73 Å². The van der Waals surface area contributed by atoms with E-state index in [1.54, 1.807) is 0 Å². The number of nitrogens with two attached hydrogens (primary N) is 1. The van der Waals surface area contributed by atoms with E-state index in [-0.39, 0.29) is 6.04 Å². The predicted octanol–water partition coefficient (Wildman–Crippen LogP) is 2.02. The molecule has 2 N–H and O–H groups in total. The molecule has 18 heavy (non-hydrogen) atoms. The Hall–Kier alpha value is -0.900. The van der Waals surface area contributed by atoms with E-state index in [0.29, 0.717) is 6.04 Å². The summed E-state index contributed by atoms with van der Waals surface area (Å²) in [5.41, 5.74) is 10.2. The lowest BCUT2D eigenvalue weighted by atomic mass is 10.0. The third-order valence-corrected chi connectivity index (χ3v) is 3.61. The van der Waals surface area contributed by atoms with Crippen molar-refractivity contribution < 1.29 is 4.74 Å². The van der Waals surface area contributed by atoms with Crippen LogP contribution in [-0.2, 0) is 4.74 Å². The highest BCUT2D eigenvalue weighted by Crippen LogP contribution is 2.18. The molecule has 100 valence electrons. The van der Waals surface area contributed by atoms with Crippen LogP contribution in [0.3, 0.4) is 0 Å². The molecule has 1 aromatic rings. The maximum atomic E-state index is 6.34. The first-order chi connectivity index (χ1) is 8.56. The minimum atomic E-state index is 0.0872. The highest BCUT2D eigenvalue weighted by atomic mass is 16.5. The first-order valence-corrected chi connectivity index (χ1v) is 6.72. The molecule has 0 aromatic heterocycles. The van der Waals surface area contributed by atoms with E-state index in [2.05, 4.69) is 43.9 Å². The van der Waals surface area contributed by atoms with Gasteiger partial charge in [-0.15, -0.1) is 0 Å². The minimum absolute atomic E-state index is 0.0872. The molecule has 2 unspecified atom stereocenters. The number of nitrogens with zero attached hydrogens (tertiary/aromatic N) is 1. The van der Waals surface area contributed by atoms with Crippen LogP contribution in [0.1, 0.15) is 29.7 Å². The lowest BCUT2D eigenvalue weighted by Crippen LogP contribution is -2.46. The molecule has 0 amide bonds. The number of aryl methyl sites for hydroxylation is 2. The molecule has 0 spiro atoms. The number of benzene rings is 1. The van der Waals surface area contributed by atoms with Gasteiger partial charge in [0, 0.05) is 25.2 Å². The van der Waals surface area contributed by atoms with Gasteiger partial charge in [-0.2, -0.15) is 0 Å². The summed E-state index contributed by atoms with van der Waals surface area (Å²) in [6.45, 7) is 9.99. The Morgan fingerprint density at radius 3 is 2.61 bits per heavy atom. The topological polar surface area (TPSA) is 38.5 Å². The van der Waals surface area contributed by atoms with Gasteiger partial charge in [-0.1, -0.05) is 29.3 Å². The maximum absolute atomic E-state index is 6.34. The van der Waals surface area contributed by atoms with Crippen molar-refractivity contribution in [3.8, 4) is 0 Å². The van der Waals surface area contributed by atoms with Crippen molar-refractivity contribution >= 4 is 0 Å². The lowest BCUT2D eigenvalue weighted by molar-refractivity contribution is -0.00281. The van der Waals surface area contributed by atoms with Crippen LogP contribution in [0.15, 0.2) is 18.2 Å². The van der Waals surface area contributed by atoms with Crippen LogP contribution in [0.25, 0.3) is 0 Å². The Balaban J connectivity index is 2.04. The second-order valence-electron chi connectivity index (χ2n) is 5.45. The number of ether oxygens (including phenoxy) is 1. The van der Waals surface area contributed by atoms with Crippen molar-refractivity contribution in [3.63, 3.8) is 0 Å². The van der Waals surface area contributed by atoms with E-state index in [9.17, 15) is 0 Å². The van der Waals surface area contributed by atoms with E-state index in [0.717, 1.165) is 26.3 Å². The van der Waals surface area contributed by atoms with Gasteiger partial charge in [0.05, 0.1) is 13.2 Å².